The first kappa shape index (κ1) is 16.5. The SMILES string of the molecule is CC1CC2C(CCC3(C)OC3C3=C(CC(C)(O)C3=O)C1=O)C2(C)C. The summed E-state index contributed by atoms with van der Waals surface area (Å²) in [4.78, 5) is 25.7. The second kappa shape index (κ2) is 4.59. The molecule has 24 heavy (non-hydrogen) atoms. The molecule has 2 fully saturated rings. The largest absolute Gasteiger partial charge is 0.382 e. The molecule has 0 aromatic heterocycles. The first-order valence-electron chi connectivity index (χ1n) is 9.21. The summed E-state index contributed by atoms with van der Waals surface area (Å²) >= 11 is 0. The molecule has 0 spiro atoms. The quantitative estimate of drug-likeness (QED) is 0.693. The Morgan fingerprint density at radius 1 is 1.12 bits per heavy atom. The van der Waals surface area contributed by atoms with E-state index in [1.54, 1.807) is 0 Å². The van der Waals surface area contributed by atoms with Gasteiger partial charge in [-0.25, -0.2) is 0 Å². The van der Waals surface area contributed by atoms with Crippen molar-refractivity contribution < 1.29 is 19.4 Å². The fraction of sp³-hybridized carbons (Fsp3) is 0.800. The summed E-state index contributed by atoms with van der Waals surface area (Å²) in [5, 5.41) is 10.4. The summed E-state index contributed by atoms with van der Waals surface area (Å²) < 4.78 is 5.93. The van der Waals surface area contributed by atoms with Gasteiger partial charge in [0.05, 0.1) is 5.60 Å². The molecular weight excluding hydrogens is 304 g/mol. The van der Waals surface area contributed by atoms with Crippen LogP contribution in [-0.4, -0.2) is 34.0 Å². The summed E-state index contributed by atoms with van der Waals surface area (Å²) in [5.74, 6) is 0.834. The van der Waals surface area contributed by atoms with Gasteiger partial charge >= 0.3 is 0 Å². The maximum Gasteiger partial charge on any atom is 0.193 e. The molecule has 0 aromatic carbocycles. The Morgan fingerprint density at radius 3 is 2.46 bits per heavy atom. The molecule has 0 aromatic rings. The molecule has 1 heterocycles. The summed E-state index contributed by atoms with van der Waals surface area (Å²) in [6.45, 7) is 10.1. The van der Waals surface area contributed by atoms with Crippen LogP contribution >= 0.6 is 0 Å². The Hall–Kier alpha value is -1.00. The molecule has 1 saturated heterocycles. The molecule has 0 radical (unpaired) electrons. The highest BCUT2D eigenvalue weighted by atomic mass is 16.6. The average molecular weight is 332 g/mol. The van der Waals surface area contributed by atoms with Crippen molar-refractivity contribution in [3.05, 3.63) is 11.1 Å². The van der Waals surface area contributed by atoms with Crippen molar-refractivity contribution in [3.63, 3.8) is 0 Å². The van der Waals surface area contributed by atoms with E-state index in [1.165, 1.54) is 6.92 Å². The highest BCUT2D eigenvalue weighted by molar-refractivity contribution is 6.15. The molecule has 1 saturated carbocycles. The highest BCUT2D eigenvalue weighted by Crippen LogP contribution is 2.64. The Morgan fingerprint density at radius 2 is 1.79 bits per heavy atom. The Kier molecular flexibility index (Phi) is 3.15. The zero-order chi connectivity index (χ0) is 17.7. The maximum atomic E-state index is 13.1. The van der Waals surface area contributed by atoms with Crippen LogP contribution in [0.25, 0.3) is 0 Å². The van der Waals surface area contributed by atoms with Crippen LogP contribution in [0.15, 0.2) is 11.1 Å². The van der Waals surface area contributed by atoms with Gasteiger partial charge in [-0.05, 0) is 50.4 Å². The van der Waals surface area contributed by atoms with Gasteiger partial charge in [0.25, 0.3) is 0 Å². The Bertz CT molecular complexity index is 671. The lowest BCUT2D eigenvalue weighted by atomic mass is 9.88. The van der Waals surface area contributed by atoms with Crippen molar-refractivity contribution >= 4 is 11.6 Å². The van der Waals surface area contributed by atoms with Crippen LogP contribution < -0.4 is 0 Å². The number of hydrogen-bond donors (Lipinski definition) is 1. The van der Waals surface area contributed by atoms with Crippen LogP contribution in [0, 0.1) is 23.2 Å². The van der Waals surface area contributed by atoms with Crippen LogP contribution in [0.1, 0.15) is 60.3 Å². The smallest absolute Gasteiger partial charge is 0.193 e. The van der Waals surface area contributed by atoms with E-state index in [0.29, 0.717) is 28.4 Å². The Labute approximate surface area is 143 Å². The van der Waals surface area contributed by atoms with E-state index in [9.17, 15) is 14.7 Å². The van der Waals surface area contributed by atoms with E-state index in [2.05, 4.69) is 13.8 Å². The molecule has 1 N–H and O–H groups in total. The van der Waals surface area contributed by atoms with Gasteiger partial charge in [-0.3, -0.25) is 9.59 Å². The molecule has 0 amide bonds. The second-order valence-electron chi connectivity index (χ2n) is 9.56. The topological polar surface area (TPSA) is 66.9 Å². The third kappa shape index (κ3) is 2.12. The van der Waals surface area contributed by atoms with Crippen LogP contribution in [0.2, 0.25) is 0 Å². The van der Waals surface area contributed by atoms with Gasteiger partial charge in [0.15, 0.2) is 11.6 Å². The molecule has 0 bridgehead atoms. The van der Waals surface area contributed by atoms with Gasteiger partial charge in [-0.15, -0.1) is 0 Å². The van der Waals surface area contributed by atoms with E-state index in [-0.39, 0.29) is 35.6 Å². The minimum absolute atomic E-state index is 0.0392. The van der Waals surface area contributed by atoms with E-state index in [4.69, 9.17) is 4.74 Å². The molecule has 6 unspecified atom stereocenters. The number of epoxide rings is 1. The van der Waals surface area contributed by atoms with E-state index < -0.39 is 5.60 Å². The molecular formula is C20H28O4. The number of aliphatic hydroxyl groups is 1. The van der Waals surface area contributed by atoms with Gasteiger partial charge in [-0.2, -0.15) is 0 Å². The van der Waals surface area contributed by atoms with Crippen LogP contribution in [0.5, 0.6) is 0 Å². The number of rotatable bonds is 0. The van der Waals surface area contributed by atoms with Crippen molar-refractivity contribution in [1.82, 2.24) is 0 Å². The normalized spacial score (nSPS) is 49.9. The summed E-state index contributed by atoms with van der Waals surface area (Å²) in [6, 6.07) is 0. The number of Topliss-reactive ketones (excluding diaryl/α,β-unsaturated/α-hetero) is 2. The van der Waals surface area contributed by atoms with Crippen molar-refractivity contribution in [1.29, 1.82) is 0 Å². The van der Waals surface area contributed by atoms with Gasteiger partial charge in [0, 0.05) is 23.5 Å². The molecule has 4 rings (SSSR count). The van der Waals surface area contributed by atoms with Crippen molar-refractivity contribution in [2.24, 2.45) is 23.2 Å². The zero-order valence-electron chi connectivity index (χ0n) is 15.3. The predicted octanol–water partition coefficient (Wildman–Crippen LogP) is 2.83. The van der Waals surface area contributed by atoms with Gasteiger partial charge in [0.2, 0.25) is 0 Å². The number of fused-ring (bicyclic) bond motifs is 3. The fourth-order valence-corrected chi connectivity index (χ4v) is 5.36. The number of ether oxygens (including phenoxy) is 1. The predicted molar refractivity (Wildman–Crippen MR) is 89.3 cm³/mol. The summed E-state index contributed by atoms with van der Waals surface area (Å²) in [7, 11) is 0. The standard InChI is InChI=1S/C20H28O4/c1-10-8-13-12(18(13,2)3)6-7-20(5)17(24-20)14-11(15(10)21)9-19(4,23)16(14)22/h10,12-13,17,23H,6-9H2,1-5H3. The Balaban J connectivity index is 1.73. The van der Waals surface area contributed by atoms with Gasteiger partial charge in [0.1, 0.15) is 11.7 Å². The van der Waals surface area contributed by atoms with Crippen molar-refractivity contribution in [3.8, 4) is 0 Å². The lowest BCUT2D eigenvalue weighted by Crippen LogP contribution is -2.33. The summed E-state index contributed by atoms with van der Waals surface area (Å²) in [6.07, 6.45) is 2.70. The van der Waals surface area contributed by atoms with Crippen LogP contribution in [0.4, 0.5) is 0 Å². The van der Waals surface area contributed by atoms with Crippen LogP contribution in [-0.2, 0) is 14.3 Å². The van der Waals surface area contributed by atoms with Crippen LogP contribution in [0.3, 0.4) is 0 Å². The van der Waals surface area contributed by atoms with Crippen molar-refractivity contribution in [2.45, 2.75) is 77.6 Å². The number of ketones is 2. The first-order chi connectivity index (χ1) is 11.0. The molecule has 132 valence electrons. The molecule has 6 atom stereocenters. The third-order valence-electron chi connectivity index (χ3n) is 7.32. The third-order valence-corrected chi connectivity index (χ3v) is 7.32. The van der Waals surface area contributed by atoms with Crippen molar-refractivity contribution in [2.75, 3.05) is 0 Å². The highest BCUT2D eigenvalue weighted by Gasteiger charge is 2.64. The molecule has 4 heteroatoms. The number of hydrogen-bond acceptors (Lipinski definition) is 4. The lowest BCUT2D eigenvalue weighted by molar-refractivity contribution is -0.130. The fourth-order valence-electron chi connectivity index (χ4n) is 5.36. The second-order valence-corrected chi connectivity index (χ2v) is 9.56. The molecule has 1 aliphatic heterocycles. The zero-order valence-corrected chi connectivity index (χ0v) is 15.3. The number of carbonyl (C=O) groups is 2. The van der Waals surface area contributed by atoms with E-state index in [1.807, 2.05) is 13.8 Å². The van der Waals surface area contributed by atoms with Gasteiger partial charge < -0.3 is 9.84 Å². The van der Waals surface area contributed by atoms with E-state index in [0.717, 1.165) is 19.3 Å². The number of carbonyl (C=O) groups excluding carboxylic acids is 2. The molecule has 4 nitrogen and oxygen atoms in total. The van der Waals surface area contributed by atoms with Gasteiger partial charge in [-0.1, -0.05) is 20.8 Å². The molecule has 3 aliphatic carbocycles. The minimum atomic E-state index is -1.46. The lowest BCUT2D eigenvalue weighted by Gasteiger charge is -2.16. The molecule has 4 aliphatic rings. The first-order valence-corrected chi connectivity index (χ1v) is 9.21. The summed E-state index contributed by atoms with van der Waals surface area (Å²) in [5.41, 5.74) is -0.521. The maximum absolute atomic E-state index is 13.1. The minimum Gasteiger partial charge on any atom is -0.382 e. The average Bonchev–Trinajstić information content (AvgIpc) is 3.25. The monoisotopic (exact) mass is 332 g/mol. The van der Waals surface area contributed by atoms with E-state index >= 15 is 0 Å².